The summed E-state index contributed by atoms with van der Waals surface area (Å²) in [7, 11) is 0. The largest absolute Gasteiger partial charge is 0.443 e. The molecule has 2 aromatic carbocycles. The van der Waals surface area contributed by atoms with Crippen molar-refractivity contribution in [2.75, 3.05) is 4.90 Å². The predicted molar refractivity (Wildman–Crippen MR) is 135 cm³/mol. The Balaban J connectivity index is 1.57. The fourth-order valence-corrected chi connectivity index (χ4v) is 4.26. The molecule has 0 unspecified atom stereocenters. The molecule has 0 atom stereocenters. The number of hydrogen-bond acceptors (Lipinski definition) is 4. The first-order valence-corrected chi connectivity index (χ1v) is 11.8. The number of imidazole rings is 1. The van der Waals surface area contributed by atoms with Gasteiger partial charge in [0.15, 0.2) is 5.65 Å². The molecule has 5 rings (SSSR count). The highest BCUT2D eigenvalue weighted by Gasteiger charge is 2.33. The monoisotopic (exact) mass is 454 g/mol. The maximum atomic E-state index is 13.0. The number of rotatable bonds is 4. The van der Waals surface area contributed by atoms with E-state index in [-0.39, 0.29) is 12.1 Å². The maximum absolute atomic E-state index is 13.0. The van der Waals surface area contributed by atoms with E-state index in [0.29, 0.717) is 0 Å². The molecule has 0 bridgehead atoms. The summed E-state index contributed by atoms with van der Waals surface area (Å²) in [6, 6.07) is 22.4. The average Bonchev–Trinajstić information content (AvgIpc) is 3.14. The molecule has 34 heavy (non-hydrogen) atoms. The lowest BCUT2D eigenvalue weighted by Gasteiger charge is -2.38. The molecular weight excluding hydrogens is 424 g/mol. The van der Waals surface area contributed by atoms with Gasteiger partial charge in [-0.1, -0.05) is 30.3 Å². The Bertz CT molecular complexity index is 1320. The first kappa shape index (κ1) is 22.1. The lowest BCUT2D eigenvalue weighted by Crippen LogP contribution is -2.46. The van der Waals surface area contributed by atoms with E-state index < -0.39 is 5.60 Å². The average molecular weight is 455 g/mol. The summed E-state index contributed by atoms with van der Waals surface area (Å²) < 4.78 is 7.81. The van der Waals surface area contributed by atoms with Gasteiger partial charge in [0, 0.05) is 28.7 Å². The molecule has 2 heterocycles. The van der Waals surface area contributed by atoms with Crippen molar-refractivity contribution >= 4 is 22.9 Å². The van der Waals surface area contributed by atoms with Crippen LogP contribution < -0.4 is 4.90 Å². The van der Waals surface area contributed by atoms with Crippen LogP contribution in [0.2, 0.25) is 0 Å². The highest BCUT2D eigenvalue weighted by molar-refractivity contribution is 5.89. The van der Waals surface area contributed by atoms with Gasteiger partial charge in [-0.05, 0) is 83.4 Å². The third kappa shape index (κ3) is 4.28. The van der Waals surface area contributed by atoms with Crippen LogP contribution in [0.25, 0.3) is 28.2 Å². The Labute approximate surface area is 200 Å². The van der Waals surface area contributed by atoms with Crippen molar-refractivity contribution in [3.63, 3.8) is 0 Å². The number of nitrogens with zero attached hydrogens (tertiary/aromatic N) is 4. The quantitative estimate of drug-likeness (QED) is 0.345. The molecule has 0 aliphatic heterocycles. The minimum Gasteiger partial charge on any atom is -0.443 e. The zero-order chi connectivity index (χ0) is 23.9. The lowest BCUT2D eigenvalue weighted by atomic mass is 9.91. The number of carbonyl (C=O) groups excluding carboxylic acids is 1. The van der Waals surface area contributed by atoms with E-state index in [2.05, 4.69) is 16.7 Å². The third-order valence-corrected chi connectivity index (χ3v) is 6.09. The van der Waals surface area contributed by atoms with E-state index in [1.165, 1.54) is 0 Å². The van der Waals surface area contributed by atoms with Gasteiger partial charge < -0.3 is 4.74 Å². The Morgan fingerprint density at radius 2 is 1.68 bits per heavy atom. The SMILES string of the molecule is Cc1ccc2nc(-c3ccccc3)n(-c3ccc(N(C(=O)OC(C)(C)C)C4CCC4)cc3)c2n1. The number of carbonyl (C=O) groups is 1. The molecule has 1 amide bonds. The maximum Gasteiger partial charge on any atom is 0.415 e. The lowest BCUT2D eigenvalue weighted by molar-refractivity contribution is 0.0549. The van der Waals surface area contributed by atoms with Crippen molar-refractivity contribution in [3.8, 4) is 17.1 Å². The Morgan fingerprint density at radius 1 is 0.971 bits per heavy atom. The fraction of sp³-hybridized carbons (Fsp3) is 0.321. The Morgan fingerprint density at radius 3 is 2.29 bits per heavy atom. The van der Waals surface area contributed by atoms with Crippen LogP contribution in [0, 0.1) is 6.92 Å². The van der Waals surface area contributed by atoms with Crippen LogP contribution in [0.5, 0.6) is 0 Å². The van der Waals surface area contributed by atoms with E-state index in [0.717, 1.165) is 58.9 Å². The zero-order valence-electron chi connectivity index (χ0n) is 20.2. The predicted octanol–water partition coefficient (Wildman–Crippen LogP) is 6.69. The summed E-state index contributed by atoms with van der Waals surface area (Å²) in [5, 5.41) is 0. The van der Waals surface area contributed by atoms with Gasteiger partial charge in [-0.25, -0.2) is 14.8 Å². The molecule has 4 aromatic rings. The van der Waals surface area contributed by atoms with Gasteiger partial charge >= 0.3 is 6.09 Å². The minimum atomic E-state index is -0.539. The highest BCUT2D eigenvalue weighted by Crippen LogP contribution is 2.33. The van der Waals surface area contributed by atoms with Crippen LogP contribution in [-0.4, -0.2) is 32.3 Å². The molecular formula is C28H30N4O2. The van der Waals surface area contributed by atoms with Crippen molar-refractivity contribution in [1.29, 1.82) is 0 Å². The van der Waals surface area contributed by atoms with Crippen molar-refractivity contribution in [2.24, 2.45) is 0 Å². The summed E-state index contributed by atoms with van der Waals surface area (Å²) in [4.78, 5) is 24.5. The van der Waals surface area contributed by atoms with Gasteiger partial charge in [0.2, 0.25) is 0 Å². The van der Waals surface area contributed by atoms with Gasteiger partial charge in [-0.3, -0.25) is 9.47 Å². The normalized spacial score (nSPS) is 14.1. The highest BCUT2D eigenvalue weighted by atomic mass is 16.6. The Hall–Kier alpha value is -3.67. The first-order valence-electron chi connectivity index (χ1n) is 11.8. The molecule has 0 saturated heterocycles. The molecule has 1 aliphatic rings. The second-order valence-corrected chi connectivity index (χ2v) is 9.88. The van der Waals surface area contributed by atoms with Crippen molar-refractivity contribution in [1.82, 2.24) is 14.5 Å². The van der Waals surface area contributed by atoms with Crippen molar-refractivity contribution in [2.45, 2.75) is 58.6 Å². The van der Waals surface area contributed by atoms with E-state index in [4.69, 9.17) is 14.7 Å². The zero-order valence-corrected chi connectivity index (χ0v) is 20.2. The van der Waals surface area contributed by atoms with Crippen LogP contribution >= 0.6 is 0 Å². The van der Waals surface area contributed by atoms with Gasteiger partial charge in [0.25, 0.3) is 0 Å². The van der Waals surface area contributed by atoms with E-state index in [9.17, 15) is 4.79 Å². The summed E-state index contributed by atoms with van der Waals surface area (Å²) in [5.41, 5.74) is 4.87. The number of ether oxygens (including phenoxy) is 1. The topological polar surface area (TPSA) is 60.2 Å². The molecule has 1 fully saturated rings. The molecule has 1 saturated carbocycles. The Kier molecular flexibility index (Phi) is 5.60. The van der Waals surface area contributed by atoms with Crippen molar-refractivity contribution < 1.29 is 9.53 Å². The van der Waals surface area contributed by atoms with Crippen molar-refractivity contribution in [3.05, 3.63) is 72.4 Å². The standard InChI is InChI=1S/C28H30N4O2/c1-19-13-18-24-26(29-19)32(25(30-24)20-9-6-5-7-10-20)23-16-14-22(15-17-23)31(21-11-8-12-21)27(33)34-28(2,3)4/h5-7,9-10,13-18,21H,8,11-12H2,1-4H3. The number of amides is 1. The number of anilines is 1. The molecule has 174 valence electrons. The molecule has 0 spiro atoms. The van der Waals surface area contributed by atoms with Gasteiger partial charge in [-0.15, -0.1) is 0 Å². The number of fused-ring (bicyclic) bond motifs is 1. The molecule has 2 aromatic heterocycles. The molecule has 6 nitrogen and oxygen atoms in total. The number of pyridine rings is 1. The van der Waals surface area contributed by atoms with E-state index >= 15 is 0 Å². The third-order valence-electron chi connectivity index (χ3n) is 6.09. The number of hydrogen-bond donors (Lipinski definition) is 0. The molecule has 6 heteroatoms. The number of aromatic nitrogens is 3. The second kappa shape index (κ2) is 8.60. The van der Waals surface area contributed by atoms with Crippen LogP contribution in [0.15, 0.2) is 66.7 Å². The van der Waals surface area contributed by atoms with Crippen LogP contribution in [0.3, 0.4) is 0 Å². The van der Waals surface area contributed by atoms with Gasteiger partial charge in [0.05, 0.1) is 0 Å². The van der Waals surface area contributed by atoms with Crippen LogP contribution in [0.1, 0.15) is 45.7 Å². The number of aryl methyl sites for hydroxylation is 1. The molecule has 0 radical (unpaired) electrons. The number of benzene rings is 2. The summed E-state index contributed by atoms with van der Waals surface area (Å²) in [6.07, 6.45) is 2.83. The smallest absolute Gasteiger partial charge is 0.415 e. The summed E-state index contributed by atoms with van der Waals surface area (Å²) >= 11 is 0. The van der Waals surface area contributed by atoms with Gasteiger partial charge in [-0.2, -0.15) is 0 Å². The van der Waals surface area contributed by atoms with Gasteiger partial charge in [0.1, 0.15) is 16.9 Å². The van der Waals surface area contributed by atoms with Crippen LogP contribution in [-0.2, 0) is 4.74 Å². The molecule has 1 aliphatic carbocycles. The minimum absolute atomic E-state index is 0.180. The summed E-state index contributed by atoms with van der Waals surface area (Å²) in [6.45, 7) is 7.69. The first-order chi connectivity index (χ1) is 16.3. The fourth-order valence-electron chi connectivity index (χ4n) is 4.26. The van der Waals surface area contributed by atoms with E-state index in [1.807, 2.05) is 87.2 Å². The van der Waals surface area contributed by atoms with E-state index in [1.54, 1.807) is 0 Å². The second-order valence-electron chi connectivity index (χ2n) is 9.88. The summed E-state index contributed by atoms with van der Waals surface area (Å²) in [5.74, 6) is 0.837. The van der Waals surface area contributed by atoms with Crippen LogP contribution in [0.4, 0.5) is 10.5 Å². The molecule has 0 N–H and O–H groups in total.